The molecule has 2 fully saturated rings. The molecule has 0 bridgehead atoms. The van der Waals surface area contributed by atoms with Crippen LogP contribution in [0.25, 0.3) is 11.0 Å². The van der Waals surface area contributed by atoms with Crippen molar-refractivity contribution in [3.8, 4) is 0 Å². The Balaban J connectivity index is 1.67. The lowest BCUT2D eigenvalue weighted by atomic mass is 9.79. The average molecular weight is 601 g/mol. The minimum atomic E-state index is -0.525. The fourth-order valence-electron chi connectivity index (χ4n) is 4.23. The van der Waals surface area contributed by atoms with E-state index in [-0.39, 0.29) is 12.1 Å². The largest absolute Gasteiger partial charge is 0.497 e. The molecule has 2 aromatic heterocycles. The van der Waals surface area contributed by atoms with Crippen molar-refractivity contribution in [2.24, 2.45) is 0 Å². The van der Waals surface area contributed by atoms with Crippen molar-refractivity contribution in [3.05, 3.63) is 12.5 Å². The van der Waals surface area contributed by atoms with Crippen molar-refractivity contribution in [1.82, 2.24) is 18.8 Å². The fourth-order valence-corrected chi connectivity index (χ4v) is 5.49. The molecule has 4 heterocycles. The van der Waals surface area contributed by atoms with Crippen molar-refractivity contribution in [3.63, 3.8) is 0 Å². The van der Waals surface area contributed by atoms with E-state index in [0.717, 1.165) is 22.3 Å². The Morgan fingerprint density at radius 3 is 2.41 bits per heavy atom. The molecule has 4 rings (SSSR count). The van der Waals surface area contributed by atoms with Gasteiger partial charge in [0.05, 0.1) is 16.6 Å². The first-order chi connectivity index (χ1) is 15.7. The minimum absolute atomic E-state index is 0.0325. The third-order valence-electron chi connectivity index (χ3n) is 6.70. The van der Waals surface area contributed by atoms with Crippen LogP contribution in [0.15, 0.2) is 12.5 Å². The summed E-state index contributed by atoms with van der Waals surface area (Å²) in [4.78, 5) is 26.0. The number of aromatic nitrogens is 3. The molecular weight excluding hydrogens is 568 g/mol. The van der Waals surface area contributed by atoms with Crippen LogP contribution >= 0.6 is 30.3 Å². The average Bonchev–Trinajstić information content (AvgIpc) is 3.20. The maximum atomic E-state index is 12.7. The number of carbonyl (C=O) groups excluding carboxylic acids is 1. The monoisotopic (exact) mass is 601 g/mol. The molecule has 34 heavy (non-hydrogen) atoms. The first-order valence-electron chi connectivity index (χ1n) is 11.5. The van der Waals surface area contributed by atoms with Crippen LogP contribution in [0.3, 0.4) is 0 Å². The SMILES string of the molecule is CC1CN(c2ncnc3c2c(B2OC(C)(C)C(C)(C)O2)cn3SI)CCN1C(=O)OC(C)(C)C. The topological polar surface area (TPSA) is 82.0 Å². The summed E-state index contributed by atoms with van der Waals surface area (Å²) in [6.07, 6.45) is 3.35. The molecule has 2 aliphatic heterocycles. The van der Waals surface area contributed by atoms with Gasteiger partial charge in [0.2, 0.25) is 0 Å². The van der Waals surface area contributed by atoms with Crippen LogP contribution in [-0.2, 0) is 14.0 Å². The van der Waals surface area contributed by atoms with Crippen LogP contribution in [0.1, 0.15) is 55.4 Å². The molecule has 0 N–H and O–H groups in total. The van der Waals surface area contributed by atoms with E-state index in [1.165, 1.54) is 0 Å². The molecule has 0 spiro atoms. The lowest BCUT2D eigenvalue weighted by molar-refractivity contribution is 0.00578. The van der Waals surface area contributed by atoms with E-state index in [4.69, 9.17) is 19.0 Å². The third kappa shape index (κ3) is 4.74. The Labute approximate surface area is 218 Å². The summed E-state index contributed by atoms with van der Waals surface area (Å²) in [5.41, 5.74) is 0.302. The molecule has 0 aliphatic carbocycles. The number of hydrogen-bond acceptors (Lipinski definition) is 8. The highest BCUT2D eigenvalue weighted by Gasteiger charge is 2.53. The number of nitrogens with zero attached hydrogens (tertiary/aromatic N) is 5. The number of halogens is 1. The minimum Gasteiger partial charge on any atom is -0.444 e. The number of rotatable bonds is 3. The molecule has 1 atom stereocenters. The van der Waals surface area contributed by atoms with E-state index in [1.807, 2.05) is 65.6 Å². The summed E-state index contributed by atoms with van der Waals surface area (Å²) in [5.74, 6) is 0.828. The van der Waals surface area contributed by atoms with Crippen LogP contribution in [0.2, 0.25) is 0 Å². The fraction of sp³-hybridized carbons (Fsp3) is 0.682. The van der Waals surface area contributed by atoms with Gasteiger partial charge in [-0.05, 0) is 55.4 Å². The van der Waals surface area contributed by atoms with Gasteiger partial charge < -0.3 is 23.8 Å². The number of anilines is 1. The summed E-state index contributed by atoms with van der Waals surface area (Å²) in [6, 6.07) is -0.0325. The van der Waals surface area contributed by atoms with E-state index in [0.29, 0.717) is 19.6 Å². The molecule has 186 valence electrons. The maximum absolute atomic E-state index is 12.7. The molecule has 2 aliphatic rings. The lowest BCUT2D eigenvalue weighted by Gasteiger charge is -2.40. The highest BCUT2D eigenvalue weighted by molar-refractivity contribution is 14.2. The van der Waals surface area contributed by atoms with Crippen LogP contribution < -0.4 is 10.4 Å². The predicted molar refractivity (Wildman–Crippen MR) is 145 cm³/mol. The van der Waals surface area contributed by atoms with E-state index in [9.17, 15) is 4.79 Å². The zero-order chi connectivity index (χ0) is 25.1. The number of carbonyl (C=O) groups is 1. The highest BCUT2D eigenvalue weighted by Crippen LogP contribution is 2.38. The van der Waals surface area contributed by atoms with Gasteiger partial charge in [-0.15, -0.1) is 0 Å². The Morgan fingerprint density at radius 1 is 1.21 bits per heavy atom. The smallest absolute Gasteiger partial charge is 0.444 e. The van der Waals surface area contributed by atoms with Gasteiger partial charge in [0, 0.05) is 67.7 Å². The summed E-state index contributed by atoms with van der Waals surface area (Å²) in [7, 11) is 1.02. The second kappa shape index (κ2) is 9.00. The van der Waals surface area contributed by atoms with Crippen LogP contribution in [-0.4, -0.2) is 74.5 Å². The highest BCUT2D eigenvalue weighted by atomic mass is 127. The summed E-state index contributed by atoms with van der Waals surface area (Å²) in [6.45, 7) is 17.7. The molecule has 0 saturated carbocycles. The van der Waals surface area contributed by atoms with Crippen molar-refractivity contribution < 1.29 is 18.8 Å². The molecule has 0 aromatic carbocycles. The lowest BCUT2D eigenvalue weighted by Crippen LogP contribution is -2.55. The van der Waals surface area contributed by atoms with Crippen LogP contribution in [0, 0.1) is 0 Å². The molecule has 12 heteroatoms. The quantitative estimate of drug-likeness (QED) is 0.386. The van der Waals surface area contributed by atoms with E-state index in [2.05, 4.69) is 31.1 Å². The van der Waals surface area contributed by atoms with Crippen molar-refractivity contribution in [1.29, 1.82) is 0 Å². The Morgan fingerprint density at radius 2 is 1.85 bits per heavy atom. The predicted octanol–water partition coefficient (Wildman–Crippen LogP) is 4.02. The number of fused-ring (bicyclic) bond motifs is 1. The zero-order valence-electron chi connectivity index (χ0n) is 21.1. The van der Waals surface area contributed by atoms with Gasteiger partial charge in [0.1, 0.15) is 17.7 Å². The van der Waals surface area contributed by atoms with Gasteiger partial charge in [0.15, 0.2) is 5.65 Å². The summed E-state index contributed by atoms with van der Waals surface area (Å²) in [5, 5.41) is 0.920. The molecule has 1 unspecified atom stereocenters. The van der Waals surface area contributed by atoms with Gasteiger partial charge >= 0.3 is 13.2 Å². The number of hydrogen-bond donors (Lipinski definition) is 0. The van der Waals surface area contributed by atoms with Crippen LogP contribution in [0.5, 0.6) is 0 Å². The third-order valence-corrected chi connectivity index (χ3v) is 8.40. The van der Waals surface area contributed by atoms with E-state index in [1.54, 1.807) is 20.3 Å². The number of ether oxygens (including phenoxy) is 1. The zero-order valence-corrected chi connectivity index (χ0v) is 24.1. The number of piperazine rings is 1. The van der Waals surface area contributed by atoms with Gasteiger partial charge in [-0.1, -0.05) is 0 Å². The number of amides is 1. The molecule has 2 aromatic rings. The van der Waals surface area contributed by atoms with Gasteiger partial charge in [-0.25, -0.2) is 14.8 Å². The van der Waals surface area contributed by atoms with Crippen molar-refractivity contribution in [2.45, 2.75) is 78.2 Å². The van der Waals surface area contributed by atoms with E-state index >= 15 is 0 Å². The van der Waals surface area contributed by atoms with Gasteiger partial charge in [0.25, 0.3) is 0 Å². The summed E-state index contributed by atoms with van der Waals surface area (Å²) < 4.78 is 20.4. The first-order valence-corrected chi connectivity index (χ1v) is 14.8. The summed E-state index contributed by atoms with van der Waals surface area (Å²) >= 11 is 2.25. The Kier molecular flexibility index (Phi) is 6.84. The molecule has 2 saturated heterocycles. The Bertz CT molecular complexity index is 1070. The molecule has 0 radical (unpaired) electrons. The van der Waals surface area contributed by atoms with Crippen molar-refractivity contribution in [2.75, 3.05) is 24.5 Å². The second-order valence-corrected chi connectivity index (χ2v) is 12.6. The molecule has 1 amide bonds. The standard InChI is InChI=1S/C22H33BIN5O4S/c1-14-11-27(9-10-28(14)19(30)31-20(2,3)4)17-16-15(12-29(34-24)18(16)26-13-25-17)23-32-21(5,6)22(7,8)33-23/h12-14H,9-11H2,1-8H3. The first kappa shape index (κ1) is 25.8. The Hall–Kier alpha value is -1.25. The molecule has 9 nitrogen and oxygen atoms in total. The van der Waals surface area contributed by atoms with Gasteiger partial charge in [-0.3, -0.25) is 3.97 Å². The maximum Gasteiger partial charge on any atom is 0.497 e. The second-order valence-electron chi connectivity index (χ2n) is 10.9. The van der Waals surface area contributed by atoms with E-state index < -0.39 is 23.9 Å². The van der Waals surface area contributed by atoms with Gasteiger partial charge in [-0.2, -0.15) is 0 Å². The normalized spacial score (nSPS) is 22.5. The molecular formula is C22H33BIN5O4S. The van der Waals surface area contributed by atoms with Crippen LogP contribution in [0.4, 0.5) is 10.6 Å². The van der Waals surface area contributed by atoms with Crippen molar-refractivity contribution >= 4 is 65.9 Å².